The first-order valence-corrected chi connectivity index (χ1v) is 6.20. The topological polar surface area (TPSA) is 46.2 Å². The van der Waals surface area contributed by atoms with Gasteiger partial charge in [0.1, 0.15) is 0 Å². The second-order valence-corrected chi connectivity index (χ2v) is 5.42. The van der Waals surface area contributed by atoms with Gasteiger partial charge in [-0.05, 0) is 42.2 Å². The van der Waals surface area contributed by atoms with E-state index in [0.29, 0.717) is 12.5 Å². The minimum atomic E-state index is -0.0128. The molecule has 16 heavy (non-hydrogen) atoms. The SMILES string of the molecule is NCC1(CO)CC1c1ccc(C2CC2)cc1. The lowest BCUT2D eigenvalue weighted by atomic mass is 9.98. The van der Waals surface area contributed by atoms with Gasteiger partial charge in [0.05, 0.1) is 6.61 Å². The Bertz CT molecular complexity index is 376. The van der Waals surface area contributed by atoms with Crippen molar-refractivity contribution >= 4 is 0 Å². The van der Waals surface area contributed by atoms with Gasteiger partial charge in [0.2, 0.25) is 0 Å². The van der Waals surface area contributed by atoms with Crippen LogP contribution in [0, 0.1) is 5.41 Å². The van der Waals surface area contributed by atoms with E-state index < -0.39 is 0 Å². The lowest BCUT2D eigenvalue weighted by molar-refractivity contribution is 0.211. The zero-order valence-electron chi connectivity index (χ0n) is 9.52. The van der Waals surface area contributed by atoms with E-state index in [1.165, 1.54) is 24.0 Å². The van der Waals surface area contributed by atoms with E-state index in [1.54, 1.807) is 0 Å². The van der Waals surface area contributed by atoms with Crippen molar-refractivity contribution in [2.24, 2.45) is 11.1 Å². The lowest BCUT2D eigenvalue weighted by Crippen LogP contribution is -2.21. The highest BCUT2D eigenvalue weighted by atomic mass is 16.3. The summed E-state index contributed by atoms with van der Waals surface area (Å²) in [6.45, 7) is 0.817. The van der Waals surface area contributed by atoms with Crippen LogP contribution in [0.4, 0.5) is 0 Å². The Kier molecular flexibility index (Phi) is 2.30. The molecule has 2 atom stereocenters. The number of benzene rings is 1. The first-order valence-electron chi connectivity index (χ1n) is 6.20. The largest absolute Gasteiger partial charge is 0.396 e. The maximum Gasteiger partial charge on any atom is 0.0505 e. The van der Waals surface area contributed by atoms with E-state index in [1.807, 2.05) is 0 Å². The third kappa shape index (κ3) is 1.57. The van der Waals surface area contributed by atoms with E-state index in [0.717, 1.165) is 12.3 Å². The van der Waals surface area contributed by atoms with E-state index in [9.17, 15) is 5.11 Å². The Morgan fingerprint density at radius 1 is 1.19 bits per heavy atom. The molecule has 0 saturated heterocycles. The van der Waals surface area contributed by atoms with Crippen LogP contribution >= 0.6 is 0 Å². The minimum absolute atomic E-state index is 0.0128. The predicted octanol–water partition coefficient (Wildman–Crippen LogP) is 1.99. The number of rotatable bonds is 4. The molecule has 2 unspecified atom stereocenters. The quantitative estimate of drug-likeness (QED) is 0.810. The molecular formula is C14H19NO. The fraction of sp³-hybridized carbons (Fsp3) is 0.571. The molecule has 0 spiro atoms. The predicted molar refractivity (Wildman–Crippen MR) is 64.3 cm³/mol. The Hall–Kier alpha value is -0.860. The van der Waals surface area contributed by atoms with E-state index in [4.69, 9.17) is 5.73 Å². The van der Waals surface area contributed by atoms with Crippen molar-refractivity contribution in [3.8, 4) is 0 Å². The summed E-state index contributed by atoms with van der Waals surface area (Å²) >= 11 is 0. The molecule has 2 fully saturated rings. The van der Waals surface area contributed by atoms with Gasteiger partial charge in [0.25, 0.3) is 0 Å². The standard InChI is InChI=1S/C14H19NO/c15-8-14(9-16)7-13(14)12-5-3-11(4-6-12)10-1-2-10/h3-6,10,13,16H,1-2,7-9,15H2. The van der Waals surface area contributed by atoms with Crippen LogP contribution in [0.1, 0.15) is 42.2 Å². The first kappa shape index (κ1) is 10.3. The van der Waals surface area contributed by atoms with Crippen LogP contribution in [0.5, 0.6) is 0 Å². The van der Waals surface area contributed by atoms with Gasteiger partial charge in [-0.3, -0.25) is 0 Å². The summed E-state index contributed by atoms with van der Waals surface area (Å²) in [4.78, 5) is 0. The number of aliphatic hydroxyl groups excluding tert-OH is 1. The molecule has 2 aliphatic carbocycles. The van der Waals surface area contributed by atoms with Crippen molar-refractivity contribution in [2.75, 3.05) is 13.2 Å². The first-order chi connectivity index (χ1) is 7.79. The van der Waals surface area contributed by atoms with E-state index in [-0.39, 0.29) is 12.0 Å². The summed E-state index contributed by atoms with van der Waals surface area (Å²) in [7, 11) is 0. The van der Waals surface area contributed by atoms with Crippen molar-refractivity contribution < 1.29 is 5.11 Å². The number of hydrogen-bond acceptors (Lipinski definition) is 2. The normalized spacial score (nSPS) is 32.8. The minimum Gasteiger partial charge on any atom is -0.396 e. The number of nitrogens with two attached hydrogens (primary N) is 1. The fourth-order valence-corrected chi connectivity index (χ4v) is 2.70. The summed E-state index contributed by atoms with van der Waals surface area (Å²) in [5, 5.41) is 9.36. The average molecular weight is 217 g/mol. The van der Waals surface area contributed by atoms with Crippen LogP contribution in [-0.4, -0.2) is 18.3 Å². The molecule has 0 aliphatic heterocycles. The molecule has 0 aromatic heterocycles. The van der Waals surface area contributed by atoms with Crippen molar-refractivity contribution in [1.82, 2.24) is 0 Å². The molecule has 0 radical (unpaired) electrons. The van der Waals surface area contributed by atoms with Crippen LogP contribution in [0.15, 0.2) is 24.3 Å². The fourth-order valence-electron chi connectivity index (χ4n) is 2.70. The van der Waals surface area contributed by atoms with Gasteiger partial charge in [0.15, 0.2) is 0 Å². The number of hydrogen-bond donors (Lipinski definition) is 2. The molecule has 86 valence electrons. The van der Waals surface area contributed by atoms with Gasteiger partial charge >= 0.3 is 0 Å². The van der Waals surface area contributed by atoms with Gasteiger partial charge in [-0.2, -0.15) is 0 Å². The zero-order valence-corrected chi connectivity index (χ0v) is 9.52. The van der Waals surface area contributed by atoms with Crippen molar-refractivity contribution in [1.29, 1.82) is 0 Å². The maximum atomic E-state index is 9.36. The Balaban J connectivity index is 1.76. The van der Waals surface area contributed by atoms with Crippen molar-refractivity contribution in [2.45, 2.75) is 31.1 Å². The van der Waals surface area contributed by atoms with Gasteiger partial charge in [-0.1, -0.05) is 24.3 Å². The summed E-state index contributed by atoms with van der Waals surface area (Å²) in [5.41, 5.74) is 8.55. The summed E-state index contributed by atoms with van der Waals surface area (Å²) in [6, 6.07) is 8.96. The van der Waals surface area contributed by atoms with Gasteiger partial charge in [0, 0.05) is 12.0 Å². The molecular weight excluding hydrogens is 198 g/mol. The molecule has 2 heteroatoms. The molecule has 0 heterocycles. The molecule has 0 bridgehead atoms. The molecule has 3 rings (SSSR count). The lowest BCUT2D eigenvalue weighted by Gasteiger charge is -2.11. The van der Waals surface area contributed by atoms with Crippen molar-refractivity contribution in [3.63, 3.8) is 0 Å². The van der Waals surface area contributed by atoms with Gasteiger partial charge in [-0.25, -0.2) is 0 Å². The highest BCUT2D eigenvalue weighted by Crippen LogP contribution is 2.58. The van der Waals surface area contributed by atoms with Crippen LogP contribution < -0.4 is 5.73 Å². The van der Waals surface area contributed by atoms with Crippen LogP contribution in [0.2, 0.25) is 0 Å². The molecule has 0 amide bonds. The highest BCUT2D eigenvalue weighted by molar-refractivity contribution is 5.35. The molecule has 2 nitrogen and oxygen atoms in total. The second-order valence-electron chi connectivity index (χ2n) is 5.42. The van der Waals surface area contributed by atoms with Crippen molar-refractivity contribution in [3.05, 3.63) is 35.4 Å². The van der Waals surface area contributed by atoms with Gasteiger partial charge < -0.3 is 10.8 Å². The van der Waals surface area contributed by atoms with Crippen LogP contribution in [-0.2, 0) is 0 Å². The maximum absolute atomic E-state index is 9.36. The van der Waals surface area contributed by atoms with Crippen LogP contribution in [0.3, 0.4) is 0 Å². The Morgan fingerprint density at radius 3 is 2.25 bits per heavy atom. The summed E-state index contributed by atoms with van der Waals surface area (Å²) < 4.78 is 0. The molecule has 3 N–H and O–H groups in total. The second kappa shape index (κ2) is 3.57. The average Bonchev–Trinajstić information content (AvgIpc) is 3.23. The monoisotopic (exact) mass is 217 g/mol. The highest BCUT2D eigenvalue weighted by Gasteiger charge is 2.53. The molecule has 1 aromatic carbocycles. The summed E-state index contributed by atoms with van der Waals surface area (Å²) in [5.74, 6) is 1.31. The zero-order chi connectivity index (χ0) is 11.2. The number of aliphatic hydroxyl groups is 1. The summed E-state index contributed by atoms with van der Waals surface area (Å²) in [6.07, 6.45) is 3.75. The third-order valence-corrected chi connectivity index (χ3v) is 4.30. The smallest absolute Gasteiger partial charge is 0.0505 e. The van der Waals surface area contributed by atoms with Crippen LogP contribution in [0.25, 0.3) is 0 Å². The molecule has 2 aliphatic rings. The molecule has 1 aromatic rings. The molecule has 2 saturated carbocycles. The third-order valence-electron chi connectivity index (χ3n) is 4.30. The van der Waals surface area contributed by atoms with E-state index in [2.05, 4.69) is 24.3 Å². The Morgan fingerprint density at radius 2 is 1.81 bits per heavy atom. The van der Waals surface area contributed by atoms with Gasteiger partial charge in [-0.15, -0.1) is 0 Å². The van der Waals surface area contributed by atoms with E-state index >= 15 is 0 Å². The Labute approximate surface area is 96.5 Å².